The van der Waals surface area contributed by atoms with Gasteiger partial charge in [0.25, 0.3) is 0 Å². The molecule has 0 spiro atoms. The van der Waals surface area contributed by atoms with Crippen molar-refractivity contribution in [1.82, 2.24) is 10.6 Å². The number of rotatable bonds is 4. The maximum Gasteiger partial charge on any atom is 0.221 e. The Morgan fingerprint density at radius 2 is 1.84 bits per heavy atom. The van der Waals surface area contributed by atoms with Gasteiger partial charge in [-0.15, -0.1) is 0 Å². The molecule has 5 N–H and O–H groups in total. The fraction of sp³-hybridized carbons (Fsp3) is 0.818. The Hall–Kier alpha value is -1.22. The minimum absolute atomic E-state index is 0.203. The van der Waals surface area contributed by atoms with Crippen molar-refractivity contribution in [3.05, 3.63) is 0 Å². The molecule has 1 aliphatic heterocycles. The monoisotopic (exact) mass is 276 g/mol. The molecule has 2 unspecified atom stereocenters. The zero-order chi connectivity index (χ0) is 14.6. The third-order valence-corrected chi connectivity index (χ3v) is 2.92. The molecule has 0 aliphatic carbocycles. The first-order valence-corrected chi connectivity index (χ1v) is 6.09. The van der Waals surface area contributed by atoms with E-state index in [0.717, 1.165) is 0 Å². The molecule has 1 rings (SSSR count). The minimum Gasteiger partial charge on any atom is -0.394 e. The Morgan fingerprint density at radius 3 is 2.32 bits per heavy atom. The summed E-state index contributed by atoms with van der Waals surface area (Å²) in [6.45, 7) is 2.37. The Labute approximate surface area is 110 Å². The Kier molecular flexibility index (Phi) is 5.67. The van der Waals surface area contributed by atoms with Crippen LogP contribution in [0.3, 0.4) is 0 Å². The molecule has 0 radical (unpaired) electrons. The maximum atomic E-state index is 11.4. The third kappa shape index (κ3) is 3.87. The van der Waals surface area contributed by atoms with Gasteiger partial charge in [0.15, 0.2) is 6.23 Å². The lowest BCUT2D eigenvalue weighted by molar-refractivity contribution is -0.203. The lowest BCUT2D eigenvalue weighted by Crippen LogP contribution is -2.68. The zero-order valence-corrected chi connectivity index (χ0v) is 10.9. The minimum atomic E-state index is -1.35. The van der Waals surface area contributed by atoms with Crippen LogP contribution in [0.5, 0.6) is 0 Å². The molecule has 1 saturated heterocycles. The molecule has 0 saturated carbocycles. The summed E-state index contributed by atoms with van der Waals surface area (Å²) in [4.78, 5) is 22.5. The molecular formula is C11H20N2O6. The maximum absolute atomic E-state index is 11.4. The van der Waals surface area contributed by atoms with E-state index in [4.69, 9.17) is 9.84 Å². The quantitative estimate of drug-likeness (QED) is 0.385. The van der Waals surface area contributed by atoms with Crippen molar-refractivity contribution >= 4 is 11.8 Å². The second-order valence-electron chi connectivity index (χ2n) is 4.41. The number of aliphatic hydroxyl groups is 3. The van der Waals surface area contributed by atoms with Gasteiger partial charge < -0.3 is 30.7 Å². The van der Waals surface area contributed by atoms with E-state index in [0.29, 0.717) is 0 Å². The van der Waals surface area contributed by atoms with Crippen LogP contribution in [-0.4, -0.2) is 64.3 Å². The topological polar surface area (TPSA) is 128 Å². The highest BCUT2D eigenvalue weighted by Gasteiger charge is 2.45. The number of aliphatic hydroxyl groups excluding tert-OH is 3. The Balaban J connectivity index is 2.86. The van der Waals surface area contributed by atoms with Crippen LogP contribution in [0.2, 0.25) is 0 Å². The van der Waals surface area contributed by atoms with Crippen LogP contribution >= 0.6 is 0 Å². The van der Waals surface area contributed by atoms with Crippen LogP contribution in [0.1, 0.15) is 20.3 Å². The Morgan fingerprint density at radius 1 is 1.21 bits per heavy atom. The van der Waals surface area contributed by atoms with Gasteiger partial charge in [-0.3, -0.25) is 9.59 Å². The number of ether oxygens (including phenoxy) is 1. The third-order valence-electron chi connectivity index (χ3n) is 2.92. The van der Waals surface area contributed by atoms with Gasteiger partial charge in [0.2, 0.25) is 11.8 Å². The van der Waals surface area contributed by atoms with Crippen molar-refractivity contribution < 1.29 is 29.6 Å². The summed E-state index contributed by atoms with van der Waals surface area (Å²) in [6.07, 6.45) is -4.53. The van der Waals surface area contributed by atoms with Gasteiger partial charge in [0.1, 0.15) is 24.4 Å². The Bertz CT molecular complexity index is 337. The molecule has 0 aromatic carbocycles. The van der Waals surface area contributed by atoms with Gasteiger partial charge in [0, 0.05) is 13.3 Å². The van der Waals surface area contributed by atoms with Gasteiger partial charge in [-0.1, -0.05) is 6.92 Å². The second kappa shape index (κ2) is 6.80. The molecule has 8 nitrogen and oxygen atoms in total. The highest BCUT2D eigenvalue weighted by molar-refractivity contribution is 5.76. The SMILES string of the molecule is CCC(=O)N[C@H]1OC(CO)[C@H](O)[C@H](O)C1NC(C)=O. The lowest BCUT2D eigenvalue weighted by atomic mass is 9.96. The van der Waals surface area contributed by atoms with Crippen molar-refractivity contribution in [2.75, 3.05) is 6.61 Å². The van der Waals surface area contributed by atoms with Gasteiger partial charge in [0.05, 0.1) is 6.61 Å². The van der Waals surface area contributed by atoms with Crippen LogP contribution in [0.4, 0.5) is 0 Å². The van der Waals surface area contributed by atoms with Gasteiger partial charge >= 0.3 is 0 Å². The summed E-state index contributed by atoms with van der Waals surface area (Å²) in [5.74, 6) is -0.765. The zero-order valence-electron chi connectivity index (χ0n) is 10.9. The molecule has 19 heavy (non-hydrogen) atoms. The first-order chi connectivity index (χ1) is 8.90. The first kappa shape index (κ1) is 15.8. The highest BCUT2D eigenvalue weighted by Crippen LogP contribution is 2.20. The largest absolute Gasteiger partial charge is 0.394 e. The van der Waals surface area contributed by atoms with E-state index < -0.39 is 43.1 Å². The predicted octanol–water partition coefficient (Wildman–Crippen LogP) is -2.54. The fourth-order valence-corrected chi connectivity index (χ4v) is 1.90. The van der Waals surface area contributed by atoms with Gasteiger partial charge in [-0.05, 0) is 0 Å². The van der Waals surface area contributed by atoms with E-state index in [1.165, 1.54) is 6.92 Å². The normalized spacial score (nSPS) is 34.7. The lowest BCUT2D eigenvalue weighted by Gasteiger charge is -2.42. The van der Waals surface area contributed by atoms with E-state index in [1.54, 1.807) is 6.92 Å². The van der Waals surface area contributed by atoms with E-state index in [9.17, 15) is 19.8 Å². The van der Waals surface area contributed by atoms with E-state index in [2.05, 4.69) is 10.6 Å². The van der Waals surface area contributed by atoms with E-state index in [1.807, 2.05) is 0 Å². The average Bonchev–Trinajstić information content (AvgIpc) is 2.37. The smallest absolute Gasteiger partial charge is 0.221 e. The van der Waals surface area contributed by atoms with Crippen molar-refractivity contribution in [1.29, 1.82) is 0 Å². The summed E-state index contributed by atoms with van der Waals surface area (Å²) >= 11 is 0. The summed E-state index contributed by atoms with van der Waals surface area (Å²) in [6, 6.07) is -0.981. The number of carbonyl (C=O) groups excluding carboxylic acids is 2. The van der Waals surface area contributed by atoms with Crippen LogP contribution < -0.4 is 10.6 Å². The molecule has 2 amide bonds. The van der Waals surface area contributed by atoms with Crippen molar-refractivity contribution in [2.24, 2.45) is 0 Å². The number of nitrogens with one attached hydrogen (secondary N) is 2. The fourth-order valence-electron chi connectivity index (χ4n) is 1.90. The number of hydrogen-bond acceptors (Lipinski definition) is 6. The number of amides is 2. The molecule has 0 aromatic heterocycles. The summed E-state index contributed by atoms with van der Waals surface area (Å²) in [5.41, 5.74) is 0. The molecule has 1 heterocycles. The summed E-state index contributed by atoms with van der Waals surface area (Å²) < 4.78 is 5.30. The van der Waals surface area contributed by atoms with Gasteiger partial charge in [-0.2, -0.15) is 0 Å². The first-order valence-electron chi connectivity index (χ1n) is 6.09. The molecule has 0 aromatic rings. The second-order valence-corrected chi connectivity index (χ2v) is 4.41. The summed E-state index contributed by atoms with van der Waals surface area (Å²) in [7, 11) is 0. The molecule has 0 bridgehead atoms. The summed E-state index contributed by atoms with van der Waals surface area (Å²) in [5, 5.41) is 33.6. The van der Waals surface area contributed by atoms with E-state index >= 15 is 0 Å². The van der Waals surface area contributed by atoms with Crippen molar-refractivity contribution in [3.63, 3.8) is 0 Å². The number of hydrogen-bond donors (Lipinski definition) is 5. The van der Waals surface area contributed by atoms with E-state index in [-0.39, 0.29) is 12.3 Å². The van der Waals surface area contributed by atoms with Crippen LogP contribution in [-0.2, 0) is 14.3 Å². The number of carbonyl (C=O) groups is 2. The van der Waals surface area contributed by atoms with Crippen molar-refractivity contribution in [3.8, 4) is 0 Å². The molecule has 110 valence electrons. The van der Waals surface area contributed by atoms with Crippen LogP contribution in [0, 0.1) is 0 Å². The predicted molar refractivity (Wildman–Crippen MR) is 63.8 cm³/mol. The average molecular weight is 276 g/mol. The molecular weight excluding hydrogens is 256 g/mol. The van der Waals surface area contributed by atoms with Gasteiger partial charge in [-0.25, -0.2) is 0 Å². The molecule has 5 atom stereocenters. The molecule has 1 aliphatic rings. The van der Waals surface area contributed by atoms with Crippen molar-refractivity contribution in [2.45, 2.75) is 50.8 Å². The highest BCUT2D eigenvalue weighted by atomic mass is 16.5. The molecule has 1 fully saturated rings. The van der Waals surface area contributed by atoms with Crippen LogP contribution in [0.15, 0.2) is 0 Å². The molecule has 8 heteroatoms. The standard InChI is InChI=1S/C11H20N2O6/c1-3-7(16)13-11-8(12-5(2)15)10(18)9(17)6(4-14)19-11/h6,8-11,14,17-18H,3-4H2,1-2H3,(H,12,15)(H,13,16)/t6?,8?,9-,10+,11-/m0/s1. The van der Waals surface area contributed by atoms with Crippen LogP contribution in [0.25, 0.3) is 0 Å².